The van der Waals surface area contributed by atoms with Gasteiger partial charge >= 0.3 is 11.7 Å². The van der Waals surface area contributed by atoms with E-state index in [1.807, 2.05) is 28.9 Å². The van der Waals surface area contributed by atoms with Crippen LogP contribution in [0, 0.1) is 0 Å². The van der Waals surface area contributed by atoms with Gasteiger partial charge in [0.2, 0.25) is 0 Å². The molecule has 3 aromatic heterocycles. The highest BCUT2D eigenvalue weighted by molar-refractivity contribution is 6.06. The number of rotatable bonds is 5. The van der Waals surface area contributed by atoms with Gasteiger partial charge in [-0.25, -0.2) is 20.2 Å². The molecule has 0 radical (unpaired) electrons. The maximum Gasteiger partial charge on any atom is 0.342 e. The molecule has 3 aromatic rings. The fraction of sp³-hybridized carbons (Fsp3) is 0.278. The van der Waals surface area contributed by atoms with Gasteiger partial charge in [-0.2, -0.15) is 4.68 Å². The Morgan fingerprint density at radius 3 is 2.96 bits per heavy atom. The van der Waals surface area contributed by atoms with Crippen molar-refractivity contribution in [2.45, 2.75) is 19.4 Å². The van der Waals surface area contributed by atoms with Crippen LogP contribution in [0.15, 0.2) is 53.4 Å². The van der Waals surface area contributed by atoms with Crippen molar-refractivity contribution in [3.63, 3.8) is 0 Å². The van der Waals surface area contributed by atoms with Crippen LogP contribution in [0.1, 0.15) is 29.0 Å². The number of aromatic amines is 1. The molecule has 1 fully saturated rings. The van der Waals surface area contributed by atoms with Crippen molar-refractivity contribution in [1.29, 1.82) is 0 Å². The van der Waals surface area contributed by atoms with Gasteiger partial charge in [0.05, 0.1) is 6.26 Å². The topological polar surface area (TPSA) is 78.0 Å². The van der Waals surface area contributed by atoms with Crippen molar-refractivity contribution in [2.24, 2.45) is 0 Å². The molecule has 2 N–H and O–H groups in total. The van der Waals surface area contributed by atoms with Crippen molar-refractivity contribution in [3.05, 3.63) is 60.3 Å². The number of anilines is 2. The molecule has 1 saturated heterocycles. The van der Waals surface area contributed by atoms with E-state index < -0.39 is 0 Å². The third-order valence-electron chi connectivity index (χ3n) is 4.33. The van der Waals surface area contributed by atoms with Gasteiger partial charge in [-0.1, -0.05) is 0 Å². The number of H-pyrrole nitrogens is 1. The van der Waals surface area contributed by atoms with E-state index in [9.17, 15) is 4.79 Å². The molecule has 1 amide bonds. The molecule has 4 heterocycles. The SMILES string of the molecule is O=C(Nc1cc[nH][n+]1Cc1ccco1)c1cccnc1N1CCCC1. The highest BCUT2D eigenvalue weighted by Crippen LogP contribution is 2.22. The van der Waals surface area contributed by atoms with Crippen molar-refractivity contribution in [3.8, 4) is 0 Å². The van der Waals surface area contributed by atoms with Crippen molar-refractivity contribution >= 4 is 17.5 Å². The van der Waals surface area contributed by atoms with E-state index in [4.69, 9.17) is 4.42 Å². The minimum atomic E-state index is -0.164. The van der Waals surface area contributed by atoms with Gasteiger partial charge in [-0.3, -0.25) is 0 Å². The van der Waals surface area contributed by atoms with E-state index in [-0.39, 0.29) is 5.91 Å². The van der Waals surface area contributed by atoms with Gasteiger partial charge in [0, 0.05) is 31.5 Å². The molecule has 0 spiro atoms. The molecule has 7 heteroatoms. The largest absolute Gasteiger partial charge is 0.465 e. The van der Waals surface area contributed by atoms with E-state index in [1.165, 1.54) is 0 Å². The first-order valence-electron chi connectivity index (χ1n) is 8.42. The van der Waals surface area contributed by atoms with Crippen LogP contribution >= 0.6 is 0 Å². The Morgan fingerprint density at radius 2 is 2.16 bits per heavy atom. The maximum atomic E-state index is 12.8. The lowest BCUT2D eigenvalue weighted by atomic mass is 10.2. The lowest BCUT2D eigenvalue weighted by Gasteiger charge is -2.18. The number of furan rings is 1. The minimum absolute atomic E-state index is 0.164. The summed E-state index contributed by atoms with van der Waals surface area (Å²) in [5.74, 6) is 2.08. The summed E-state index contributed by atoms with van der Waals surface area (Å²) in [6, 6.07) is 9.18. The highest BCUT2D eigenvalue weighted by atomic mass is 16.3. The van der Waals surface area contributed by atoms with Crippen LogP contribution in [0.4, 0.5) is 11.6 Å². The normalized spacial score (nSPS) is 14.0. The number of hydrogen-bond acceptors (Lipinski definition) is 4. The Bertz CT molecular complexity index is 850. The van der Waals surface area contributed by atoms with Gasteiger partial charge in [0.1, 0.15) is 17.1 Å². The molecular formula is C18H20N5O2+. The summed E-state index contributed by atoms with van der Waals surface area (Å²) in [5.41, 5.74) is 0.593. The molecule has 7 nitrogen and oxygen atoms in total. The Morgan fingerprint density at radius 1 is 1.28 bits per heavy atom. The number of nitrogens with one attached hydrogen (secondary N) is 2. The smallest absolute Gasteiger partial charge is 0.342 e. The molecule has 128 valence electrons. The predicted molar refractivity (Wildman–Crippen MR) is 92.4 cm³/mol. The Balaban J connectivity index is 1.54. The van der Waals surface area contributed by atoms with E-state index in [1.54, 1.807) is 24.7 Å². The standard InChI is InChI=1S/C18H19N5O2/c24-18(15-6-3-8-19-17(15)22-10-1-2-11-22)21-16-7-9-20-23(16)13-14-5-4-12-25-14/h3-9,12H,1-2,10-11,13H2,(H,20,21,24)/p+1. The van der Waals surface area contributed by atoms with Gasteiger partial charge in [0.25, 0.3) is 0 Å². The Kier molecular flexibility index (Phi) is 4.20. The van der Waals surface area contributed by atoms with Crippen molar-refractivity contribution < 1.29 is 13.9 Å². The molecular weight excluding hydrogens is 318 g/mol. The first-order valence-corrected chi connectivity index (χ1v) is 8.42. The maximum absolute atomic E-state index is 12.8. The highest BCUT2D eigenvalue weighted by Gasteiger charge is 2.24. The molecule has 0 aliphatic carbocycles. The second-order valence-corrected chi connectivity index (χ2v) is 6.04. The average molecular weight is 338 g/mol. The summed E-state index contributed by atoms with van der Waals surface area (Å²) in [6.07, 6.45) is 7.42. The summed E-state index contributed by atoms with van der Waals surface area (Å²) < 4.78 is 7.19. The predicted octanol–water partition coefficient (Wildman–Crippen LogP) is 2.19. The van der Waals surface area contributed by atoms with Crippen LogP contribution in [0.2, 0.25) is 0 Å². The monoisotopic (exact) mass is 338 g/mol. The van der Waals surface area contributed by atoms with Crippen LogP contribution in [-0.2, 0) is 6.54 Å². The van der Waals surface area contributed by atoms with Crippen LogP contribution < -0.4 is 14.9 Å². The van der Waals surface area contributed by atoms with Gasteiger partial charge in [-0.15, -0.1) is 0 Å². The molecule has 1 aliphatic rings. The second-order valence-electron chi connectivity index (χ2n) is 6.04. The molecule has 1 aliphatic heterocycles. The fourth-order valence-corrected chi connectivity index (χ4v) is 3.10. The van der Waals surface area contributed by atoms with Gasteiger partial charge < -0.3 is 9.32 Å². The third-order valence-corrected chi connectivity index (χ3v) is 4.33. The summed E-state index contributed by atoms with van der Waals surface area (Å²) in [5, 5.41) is 6.05. The molecule has 0 saturated carbocycles. The summed E-state index contributed by atoms with van der Waals surface area (Å²) in [6.45, 7) is 2.40. The molecule has 0 bridgehead atoms. The first kappa shape index (κ1) is 15.4. The lowest BCUT2D eigenvalue weighted by molar-refractivity contribution is -0.730. The number of aromatic nitrogens is 3. The average Bonchev–Trinajstić information content (AvgIpc) is 3.39. The van der Waals surface area contributed by atoms with Gasteiger partial charge in [-0.05, 0) is 37.1 Å². The summed E-state index contributed by atoms with van der Waals surface area (Å²) in [4.78, 5) is 19.4. The van der Waals surface area contributed by atoms with E-state index in [2.05, 4.69) is 20.3 Å². The summed E-state index contributed by atoms with van der Waals surface area (Å²) in [7, 11) is 0. The second kappa shape index (κ2) is 6.80. The molecule has 0 unspecified atom stereocenters. The fourth-order valence-electron chi connectivity index (χ4n) is 3.10. The zero-order valence-corrected chi connectivity index (χ0v) is 13.8. The lowest BCUT2D eigenvalue weighted by Crippen LogP contribution is -2.39. The van der Waals surface area contributed by atoms with Crippen LogP contribution in [0.5, 0.6) is 0 Å². The van der Waals surface area contributed by atoms with E-state index in [0.29, 0.717) is 17.9 Å². The third kappa shape index (κ3) is 3.26. The number of hydrogen-bond donors (Lipinski definition) is 2. The van der Waals surface area contributed by atoms with E-state index in [0.717, 1.165) is 37.5 Å². The van der Waals surface area contributed by atoms with Crippen LogP contribution in [-0.4, -0.2) is 29.1 Å². The van der Waals surface area contributed by atoms with Crippen molar-refractivity contribution in [1.82, 2.24) is 10.1 Å². The molecule has 4 rings (SSSR count). The number of amides is 1. The van der Waals surface area contributed by atoms with Gasteiger partial charge in [0.15, 0.2) is 6.54 Å². The number of pyridine rings is 1. The number of carbonyl (C=O) groups is 1. The van der Waals surface area contributed by atoms with Crippen LogP contribution in [0.25, 0.3) is 0 Å². The zero-order chi connectivity index (χ0) is 17.1. The Hall–Kier alpha value is -3.09. The van der Waals surface area contributed by atoms with E-state index >= 15 is 0 Å². The van der Waals surface area contributed by atoms with Crippen molar-refractivity contribution in [2.75, 3.05) is 23.3 Å². The zero-order valence-electron chi connectivity index (χ0n) is 13.8. The molecule has 25 heavy (non-hydrogen) atoms. The first-order chi connectivity index (χ1) is 12.3. The molecule has 0 atom stereocenters. The summed E-state index contributed by atoms with van der Waals surface area (Å²) >= 11 is 0. The number of carbonyl (C=O) groups excluding carboxylic acids is 1. The quantitative estimate of drug-likeness (QED) is 0.699. The minimum Gasteiger partial charge on any atom is -0.465 e. The molecule has 0 aromatic carbocycles. The Labute approximate surface area is 145 Å². The van der Waals surface area contributed by atoms with Crippen LogP contribution in [0.3, 0.4) is 0 Å². The number of nitrogens with zero attached hydrogens (tertiary/aromatic N) is 3.